The van der Waals surface area contributed by atoms with Gasteiger partial charge in [-0.15, -0.1) is 0 Å². The lowest BCUT2D eigenvalue weighted by atomic mass is 10.1. The van der Waals surface area contributed by atoms with Gasteiger partial charge >= 0.3 is 0 Å². The summed E-state index contributed by atoms with van der Waals surface area (Å²) in [6.07, 6.45) is 2.59. The molecule has 0 atom stereocenters. The van der Waals surface area contributed by atoms with Gasteiger partial charge in [-0.3, -0.25) is 10.1 Å². The fraction of sp³-hybridized carbons (Fsp3) is 0.444. The summed E-state index contributed by atoms with van der Waals surface area (Å²) in [5.41, 5.74) is 3.26. The number of aryl methyl sites for hydroxylation is 1. The van der Waals surface area contributed by atoms with Crippen LogP contribution in [0.25, 0.3) is 0 Å². The minimum Gasteiger partial charge on any atom is -0.493 e. The van der Waals surface area contributed by atoms with Crippen LogP contribution in [-0.4, -0.2) is 43.5 Å². The van der Waals surface area contributed by atoms with Crippen LogP contribution < -0.4 is 15.4 Å². The van der Waals surface area contributed by atoms with Gasteiger partial charge in [-0.05, 0) is 24.6 Å². The lowest BCUT2D eigenvalue weighted by molar-refractivity contribution is 0.171. The average molecular weight is 345 g/mol. The van der Waals surface area contributed by atoms with E-state index in [0.29, 0.717) is 26.3 Å². The quantitative estimate of drug-likeness (QED) is 0.368. The number of nitrogens with zero attached hydrogens (tertiary/aromatic N) is 2. The van der Waals surface area contributed by atoms with Gasteiger partial charge in [0.05, 0.1) is 18.8 Å². The zero-order valence-corrected chi connectivity index (χ0v) is 15.1. The Kier molecular flexibility index (Phi) is 7.78. The molecule has 7 heteroatoms. The Morgan fingerprint density at radius 1 is 1.20 bits per heavy atom. The number of nitrogens with one attached hydrogen (secondary N) is 3. The maximum Gasteiger partial charge on any atom is 0.191 e. The van der Waals surface area contributed by atoms with Crippen molar-refractivity contribution in [1.82, 2.24) is 20.8 Å². The molecule has 1 heterocycles. The second-order valence-corrected chi connectivity index (χ2v) is 5.67. The van der Waals surface area contributed by atoms with E-state index in [9.17, 15) is 0 Å². The number of rotatable bonds is 9. The van der Waals surface area contributed by atoms with Crippen molar-refractivity contribution in [1.29, 1.82) is 0 Å². The summed E-state index contributed by atoms with van der Waals surface area (Å²) in [5, 5.41) is 13.4. The molecule has 2 rings (SSSR count). The molecule has 0 saturated carbocycles. The summed E-state index contributed by atoms with van der Waals surface area (Å²) >= 11 is 0. The molecule has 0 fully saturated rings. The van der Waals surface area contributed by atoms with Gasteiger partial charge < -0.3 is 20.1 Å². The zero-order valence-electron chi connectivity index (χ0n) is 15.1. The van der Waals surface area contributed by atoms with Crippen LogP contribution in [-0.2, 0) is 17.8 Å². The Labute approximate surface area is 148 Å². The minimum absolute atomic E-state index is 0.628. The van der Waals surface area contributed by atoms with Crippen LogP contribution in [0.2, 0.25) is 0 Å². The molecule has 0 bridgehead atoms. The summed E-state index contributed by atoms with van der Waals surface area (Å²) < 4.78 is 11.0. The Hall–Kier alpha value is -2.54. The highest BCUT2D eigenvalue weighted by molar-refractivity contribution is 5.79. The van der Waals surface area contributed by atoms with Crippen molar-refractivity contribution in [2.45, 2.75) is 26.4 Å². The topological polar surface area (TPSA) is 83.6 Å². The van der Waals surface area contributed by atoms with E-state index in [1.165, 1.54) is 5.56 Å². The highest BCUT2D eigenvalue weighted by atomic mass is 16.5. The maximum atomic E-state index is 5.91. The van der Waals surface area contributed by atoms with E-state index in [1.54, 1.807) is 20.4 Å². The number of hydrogen-bond donors (Lipinski definition) is 3. The van der Waals surface area contributed by atoms with E-state index in [2.05, 4.69) is 50.9 Å². The molecule has 0 unspecified atom stereocenters. The van der Waals surface area contributed by atoms with Crippen LogP contribution in [0.5, 0.6) is 5.75 Å². The monoisotopic (exact) mass is 345 g/mol. The van der Waals surface area contributed by atoms with Crippen LogP contribution in [0, 0.1) is 6.92 Å². The Morgan fingerprint density at radius 2 is 2.04 bits per heavy atom. The molecular formula is C18H27N5O2. The third-order valence-electron chi connectivity index (χ3n) is 3.65. The van der Waals surface area contributed by atoms with Crippen molar-refractivity contribution in [3.8, 4) is 5.75 Å². The van der Waals surface area contributed by atoms with Gasteiger partial charge in [-0.2, -0.15) is 5.10 Å². The van der Waals surface area contributed by atoms with E-state index in [4.69, 9.17) is 9.47 Å². The maximum absolute atomic E-state index is 5.91. The zero-order chi connectivity index (χ0) is 17.9. The molecule has 0 spiro atoms. The number of aromatic nitrogens is 2. The second kappa shape index (κ2) is 10.4. The number of benzene rings is 1. The molecule has 0 aliphatic heterocycles. The van der Waals surface area contributed by atoms with E-state index in [-0.39, 0.29) is 0 Å². The molecule has 0 aliphatic carbocycles. The fourth-order valence-corrected chi connectivity index (χ4v) is 2.29. The fourth-order valence-electron chi connectivity index (χ4n) is 2.29. The number of H-pyrrole nitrogens is 1. The van der Waals surface area contributed by atoms with Crippen LogP contribution in [0.4, 0.5) is 0 Å². The molecule has 1 aromatic carbocycles. The normalized spacial score (nSPS) is 11.4. The van der Waals surface area contributed by atoms with Crippen molar-refractivity contribution in [3.05, 3.63) is 47.3 Å². The minimum atomic E-state index is 0.628. The predicted octanol–water partition coefficient (Wildman–Crippen LogP) is 2.00. The number of guanidine groups is 1. The molecule has 7 nitrogen and oxygen atoms in total. The molecule has 25 heavy (non-hydrogen) atoms. The Bertz CT molecular complexity index is 655. The molecule has 0 aliphatic rings. The third-order valence-corrected chi connectivity index (χ3v) is 3.65. The van der Waals surface area contributed by atoms with Crippen molar-refractivity contribution < 1.29 is 9.47 Å². The summed E-state index contributed by atoms with van der Waals surface area (Å²) in [7, 11) is 3.45. The van der Waals surface area contributed by atoms with Crippen molar-refractivity contribution in [2.24, 2.45) is 4.99 Å². The van der Waals surface area contributed by atoms with Gasteiger partial charge in [-0.1, -0.05) is 12.1 Å². The standard InChI is InChI=1S/C18H27N5O2/c1-14-5-6-15(17(11-14)25-10-4-9-24-3)12-20-18(19-2)21-13-16-7-8-22-23-16/h5-8,11H,4,9-10,12-13H2,1-3H3,(H,22,23)(H2,19,20,21). The number of methoxy groups -OCH3 is 1. The molecule has 0 radical (unpaired) electrons. The van der Waals surface area contributed by atoms with E-state index in [1.807, 2.05) is 6.07 Å². The first-order chi connectivity index (χ1) is 12.2. The SMILES string of the molecule is CN=C(NCc1ccn[nH]1)NCc1ccc(C)cc1OCCCOC. The highest BCUT2D eigenvalue weighted by Crippen LogP contribution is 2.20. The summed E-state index contributed by atoms with van der Waals surface area (Å²) in [4.78, 5) is 4.24. The van der Waals surface area contributed by atoms with Gasteiger partial charge in [0.15, 0.2) is 5.96 Å². The van der Waals surface area contributed by atoms with Crippen molar-refractivity contribution >= 4 is 5.96 Å². The first-order valence-corrected chi connectivity index (χ1v) is 8.37. The number of ether oxygens (including phenoxy) is 2. The van der Waals surface area contributed by atoms with Gasteiger partial charge in [0, 0.05) is 45.5 Å². The molecule has 2 aromatic rings. The van der Waals surface area contributed by atoms with Crippen LogP contribution in [0.3, 0.4) is 0 Å². The van der Waals surface area contributed by atoms with Crippen LogP contribution in [0.15, 0.2) is 35.5 Å². The number of hydrogen-bond acceptors (Lipinski definition) is 4. The first-order valence-electron chi connectivity index (χ1n) is 8.37. The lowest BCUT2D eigenvalue weighted by Gasteiger charge is -2.15. The Morgan fingerprint density at radius 3 is 2.76 bits per heavy atom. The van der Waals surface area contributed by atoms with Gasteiger partial charge in [0.1, 0.15) is 5.75 Å². The van der Waals surface area contributed by atoms with Gasteiger partial charge in [-0.25, -0.2) is 0 Å². The molecular weight excluding hydrogens is 318 g/mol. The second-order valence-electron chi connectivity index (χ2n) is 5.67. The van der Waals surface area contributed by atoms with E-state index in [0.717, 1.165) is 29.4 Å². The summed E-state index contributed by atoms with van der Waals surface area (Å²) in [6.45, 7) is 4.65. The summed E-state index contributed by atoms with van der Waals surface area (Å²) in [6, 6.07) is 8.15. The van der Waals surface area contributed by atoms with Crippen LogP contribution in [0.1, 0.15) is 23.2 Å². The van der Waals surface area contributed by atoms with Gasteiger partial charge in [0.25, 0.3) is 0 Å². The average Bonchev–Trinajstić information content (AvgIpc) is 3.14. The molecule has 3 N–H and O–H groups in total. The number of aromatic amines is 1. The highest BCUT2D eigenvalue weighted by Gasteiger charge is 2.06. The molecule has 136 valence electrons. The van der Waals surface area contributed by atoms with E-state index < -0.39 is 0 Å². The predicted molar refractivity (Wildman–Crippen MR) is 98.8 cm³/mol. The smallest absolute Gasteiger partial charge is 0.191 e. The Balaban J connectivity index is 1.89. The molecule has 1 aromatic heterocycles. The van der Waals surface area contributed by atoms with Crippen molar-refractivity contribution in [2.75, 3.05) is 27.4 Å². The third kappa shape index (κ3) is 6.46. The number of aliphatic imine (C=N–C) groups is 1. The van der Waals surface area contributed by atoms with Gasteiger partial charge in [0.2, 0.25) is 0 Å². The lowest BCUT2D eigenvalue weighted by Crippen LogP contribution is -2.36. The largest absolute Gasteiger partial charge is 0.493 e. The molecule has 0 amide bonds. The molecule has 0 saturated heterocycles. The van der Waals surface area contributed by atoms with E-state index >= 15 is 0 Å². The summed E-state index contributed by atoms with van der Waals surface area (Å²) in [5.74, 6) is 1.62. The van der Waals surface area contributed by atoms with Crippen molar-refractivity contribution in [3.63, 3.8) is 0 Å². The first kappa shape index (κ1) is 18.8. The van der Waals surface area contributed by atoms with Crippen LogP contribution >= 0.6 is 0 Å².